The van der Waals surface area contributed by atoms with Gasteiger partial charge >= 0.3 is 0 Å². The molecule has 5 heteroatoms. The van der Waals surface area contributed by atoms with E-state index >= 15 is 0 Å². The number of benzene rings is 2. The fraction of sp³-hybridized carbons (Fsp3) is 0.200. The number of nitrogens with one attached hydrogen (secondary N) is 1. The zero-order valence-electron chi connectivity index (χ0n) is 10.8. The predicted octanol–water partition coefficient (Wildman–Crippen LogP) is 4.99. The van der Waals surface area contributed by atoms with Crippen LogP contribution in [0.1, 0.15) is 17.2 Å². The van der Waals surface area contributed by atoms with Crippen LogP contribution in [0.15, 0.2) is 45.3 Å². The predicted molar refractivity (Wildman–Crippen MR) is 83.7 cm³/mol. The largest absolute Gasteiger partial charge is 0.313 e. The average Bonchev–Trinajstić information content (AvgIpc) is 2.43. The van der Waals surface area contributed by atoms with E-state index in [0.29, 0.717) is 15.4 Å². The highest BCUT2D eigenvalue weighted by Gasteiger charge is 2.16. The highest BCUT2D eigenvalue weighted by molar-refractivity contribution is 9.10. The molecule has 0 radical (unpaired) electrons. The van der Waals surface area contributed by atoms with E-state index in [0.717, 1.165) is 11.1 Å². The standard InChI is InChI=1S/C15H13Br2F2N/c1-20-14(10-3-2-4-13(19)15(10)17)8-9-5-6-12(18)11(16)7-9/h2-7,14,20H,8H2,1H3. The van der Waals surface area contributed by atoms with E-state index in [2.05, 4.69) is 37.2 Å². The molecule has 1 N–H and O–H groups in total. The van der Waals surface area contributed by atoms with Gasteiger partial charge in [0.15, 0.2) is 0 Å². The highest BCUT2D eigenvalue weighted by Crippen LogP contribution is 2.29. The summed E-state index contributed by atoms with van der Waals surface area (Å²) < 4.78 is 27.7. The van der Waals surface area contributed by atoms with Gasteiger partial charge in [-0.15, -0.1) is 0 Å². The van der Waals surface area contributed by atoms with E-state index in [1.807, 2.05) is 13.1 Å². The maximum atomic E-state index is 13.6. The van der Waals surface area contributed by atoms with Gasteiger partial charge in [-0.25, -0.2) is 8.78 Å². The molecule has 0 aliphatic carbocycles. The molecule has 0 saturated carbocycles. The van der Waals surface area contributed by atoms with Crippen molar-refractivity contribution in [2.24, 2.45) is 0 Å². The van der Waals surface area contributed by atoms with Crippen LogP contribution in [-0.4, -0.2) is 7.05 Å². The lowest BCUT2D eigenvalue weighted by molar-refractivity contribution is 0.569. The van der Waals surface area contributed by atoms with E-state index in [1.54, 1.807) is 18.2 Å². The van der Waals surface area contributed by atoms with Crippen LogP contribution in [-0.2, 0) is 6.42 Å². The number of likely N-dealkylation sites (N-methyl/N-ethyl adjacent to an activating group) is 1. The molecule has 2 rings (SSSR count). The Kier molecular flexibility index (Phi) is 5.29. The minimum atomic E-state index is -0.290. The Labute approximate surface area is 133 Å². The second kappa shape index (κ2) is 6.78. The van der Waals surface area contributed by atoms with Crippen LogP contribution >= 0.6 is 31.9 Å². The number of hydrogen-bond acceptors (Lipinski definition) is 1. The number of hydrogen-bond donors (Lipinski definition) is 1. The van der Waals surface area contributed by atoms with Crippen molar-refractivity contribution in [1.82, 2.24) is 5.32 Å². The molecular formula is C15H13Br2F2N. The lowest BCUT2D eigenvalue weighted by atomic mass is 9.99. The zero-order valence-corrected chi connectivity index (χ0v) is 13.9. The minimum absolute atomic E-state index is 0.0579. The van der Waals surface area contributed by atoms with E-state index in [9.17, 15) is 8.78 Å². The summed E-state index contributed by atoms with van der Waals surface area (Å²) in [6.45, 7) is 0. The molecule has 0 fully saturated rings. The van der Waals surface area contributed by atoms with Gasteiger partial charge in [-0.3, -0.25) is 0 Å². The summed E-state index contributed by atoms with van der Waals surface area (Å²) in [5, 5.41) is 3.16. The monoisotopic (exact) mass is 403 g/mol. The van der Waals surface area contributed by atoms with Gasteiger partial charge in [0.05, 0.1) is 8.95 Å². The fourth-order valence-corrected chi connectivity index (χ4v) is 3.03. The van der Waals surface area contributed by atoms with E-state index in [-0.39, 0.29) is 17.7 Å². The van der Waals surface area contributed by atoms with Crippen molar-refractivity contribution in [3.05, 3.63) is 68.1 Å². The molecular weight excluding hydrogens is 392 g/mol. The lowest BCUT2D eigenvalue weighted by Gasteiger charge is -2.19. The van der Waals surface area contributed by atoms with Gasteiger partial charge in [-0.05, 0) is 74.7 Å². The Morgan fingerprint density at radius 1 is 1.10 bits per heavy atom. The number of halogens is 4. The first-order valence-electron chi connectivity index (χ1n) is 6.08. The Morgan fingerprint density at radius 2 is 1.85 bits per heavy atom. The Hall–Kier alpha value is -0.780. The van der Waals surface area contributed by atoms with Gasteiger partial charge in [0, 0.05) is 6.04 Å². The second-order valence-corrected chi connectivity index (χ2v) is 6.08. The van der Waals surface area contributed by atoms with Gasteiger partial charge in [0.25, 0.3) is 0 Å². The fourth-order valence-electron chi connectivity index (χ4n) is 2.06. The van der Waals surface area contributed by atoms with Crippen molar-refractivity contribution < 1.29 is 8.78 Å². The summed E-state index contributed by atoms with van der Waals surface area (Å²) in [6, 6.07) is 9.80. The van der Waals surface area contributed by atoms with Gasteiger partial charge in [0.1, 0.15) is 11.6 Å². The third-order valence-electron chi connectivity index (χ3n) is 3.13. The molecule has 20 heavy (non-hydrogen) atoms. The SMILES string of the molecule is CNC(Cc1ccc(F)c(Br)c1)c1cccc(F)c1Br. The number of rotatable bonds is 4. The first-order valence-corrected chi connectivity index (χ1v) is 7.66. The van der Waals surface area contributed by atoms with E-state index < -0.39 is 0 Å². The molecule has 0 spiro atoms. The van der Waals surface area contributed by atoms with Crippen molar-refractivity contribution in [3.8, 4) is 0 Å². The molecule has 0 bridgehead atoms. The van der Waals surface area contributed by atoms with E-state index in [1.165, 1.54) is 12.1 Å². The quantitative estimate of drug-likeness (QED) is 0.756. The van der Waals surface area contributed by atoms with Crippen LogP contribution in [0.5, 0.6) is 0 Å². The summed E-state index contributed by atoms with van der Waals surface area (Å²) in [4.78, 5) is 0. The van der Waals surface area contributed by atoms with Crippen LogP contribution < -0.4 is 5.32 Å². The van der Waals surface area contributed by atoms with Gasteiger partial charge in [-0.2, -0.15) is 0 Å². The van der Waals surface area contributed by atoms with Crippen LogP contribution in [0.3, 0.4) is 0 Å². The Bertz CT molecular complexity index is 617. The Morgan fingerprint density at radius 3 is 2.50 bits per heavy atom. The second-order valence-electron chi connectivity index (χ2n) is 4.44. The molecule has 0 aromatic heterocycles. The van der Waals surface area contributed by atoms with Crippen molar-refractivity contribution in [3.63, 3.8) is 0 Å². The summed E-state index contributed by atoms with van der Waals surface area (Å²) in [5.74, 6) is -0.579. The third kappa shape index (κ3) is 3.45. The normalized spacial score (nSPS) is 12.4. The molecule has 2 aromatic rings. The van der Waals surface area contributed by atoms with Crippen molar-refractivity contribution in [2.45, 2.75) is 12.5 Å². The summed E-state index contributed by atoms with van der Waals surface area (Å²) >= 11 is 6.45. The summed E-state index contributed by atoms with van der Waals surface area (Å²) in [7, 11) is 1.82. The van der Waals surface area contributed by atoms with Crippen molar-refractivity contribution >= 4 is 31.9 Å². The molecule has 1 nitrogen and oxygen atoms in total. The minimum Gasteiger partial charge on any atom is -0.313 e. The van der Waals surface area contributed by atoms with Crippen LogP contribution in [0.25, 0.3) is 0 Å². The molecule has 0 heterocycles. The first kappa shape index (κ1) is 15.6. The lowest BCUT2D eigenvalue weighted by Crippen LogP contribution is -2.19. The molecule has 0 aliphatic rings. The Balaban J connectivity index is 2.28. The van der Waals surface area contributed by atoms with Crippen molar-refractivity contribution in [2.75, 3.05) is 7.05 Å². The third-order valence-corrected chi connectivity index (χ3v) is 4.57. The molecule has 0 saturated heterocycles. The molecule has 0 amide bonds. The smallest absolute Gasteiger partial charge is 0.137 e. The zero-order chi connectivity index (χ0) is 14.7. The first-order chi connectivity index (χ1) is 9.52. The molecule has 1 unspecified atom stereocenters. The maximum absolute atomic E-state index is 13.6. The topological polar surface area (TPSA) is 12.0 Å². The van der Waals surface area contributed by atoms with E-state index in [4.69, 9.17) is 0 Å². The van der Waals surface area contributed by atoms with Crippen LogP contribution in [0.2, 0.25) is 0 Å². The summed E-state index contributed by atoms with van der Waals surface area (Å²) in [5.41, 5.74) is 1.81. The van der Waals surface area contributed by atoms with Crippen LogP contribution in [0, 0.1) is 11.6 Å². The van der Waals surface area contributed by atoms with Gasteiger partial charge in [0.2, 0.25) is 0 Å². The molecule has 106 valence electrons. The molecule has 2 aromatic carbocycles. The van der Waals surface area contributed by atoms with Gasteiger partial charge in [-0.1, -0.05) is 18.2 Å². The summed E-state index contributed by atoms with van der Waals surface area (Å²) in [6.07, 6.45) is 0.636. The van der Waals surface area contributed by atoms with Crippen LogP contribution in [0.4, 0.5) is 8.78 Å². The molecule has 0 aliphatic heterocycles. The van der Waals surface area contributed by atoms with Gasteiger partial charge < -0.3 is 5.32 Å². The van der Waals surface area contributed by atoms with Crippen molar-refractivity contribution in [1.29, 1.82) is 0 Å². The maximum Gasteiger partial charge on any atom is 0.137 e. The highest BCUT2D eigenvalue weighted by atomic mass is 79.9. The molecule has 1 atom stereocenters. The average molecular weight is 405 g/mol.